The third-order valence-electron chi connectivity index (χ3n) is 4.93. The second-order valence-electron chi connectivity index (χ2n) is 6.53. The SMILES string of the molecule is CCc1ccc(CN2C[C@@H](c3nc(C)no3)C[C@H]3OCC[C@H]32)o1. The summed E-state index contributed by atoms with van der Waals surface area (Å²) in [7, 11) is 0. The molecule has 2 aromatic heterocycles. The van der Waals surface area contributed by atoms with Crippen molar-refractivity contribution in [2.45, 2.75) is 57.7 Å². The molecule has 124 valence electrons. The molecule has 2 aromatic rings. The Balaban J connectivity index is 1.53. The molecular weight excluding hydrogens is 294 g/mol. The van der Waals surface area contributed by atoms with E-state index in [1.807, 2.05) is 6.92 Å². The van der Waals surface area contributed by atoms with Crippen molar-refractivity contribution in [1.29, 1.82) is 0 Å². The quantitative estimate of drug-likeness (QED) is 0.864. The van der Waals surface area contributed by atoms with Crippen LogP contribution in [0.25, 0.3) is 0 Å². The summed E-state index contributed by atoms with van der Waals surface area (Å²) in [4.78, 5) is 6.89. The van der Waals surface area contributed by atoms with E-state index >= 15 is 0 Å². The molecule has 3 atom stereocenters. The Morgan fingerprint density at radius 3 is 2.91 bits per heavy atom. The molecule has 6 heteroatoms. The molecule has 2 saturated heterocycles. The van der Waals surface area contributed by atoms with E-state index in [1.54, 1.807) is 0 Å². The van der Waals surface area contributed by atoms with Crippen molar-refractivity contribution >= 4 is 0 Å². The number of hydrogen-bond donors (Lipinski definition) is 0. The minimum atomic E-state index is 0.233. The lowest BCUT2D eigenvalue weighted by Gasteiger charge is -2.39. The zero-order valence-corrected chi connectivity index (χ0v) is 13.7. The molecule has 2 aliphatic heterocycles. The van der Waals surface area contributed by atoms with Crippen molar-refractivity contribution in [2.75, 3.05) is 13.2 Å². The fourth-order valence-electron chi connectivity index (χ4n) is 3.79. The van der Waals surface area contributed by atoms with Crippen LogP contribution in [-0.2, 0) is 17.7 Å². The van der Waals surface area contributed by atoms with Crippen LogP contribution in [0.3, 0.4) is 0 Å². The first-order valence-electron chi connectivity index (χ1n) is 8.46. The van der Waals surface area contributed by atoms with Gasteiger partial charge in [0.15, 0.2) is 5.82 Å². The third-order valence-corrected chi connectivity index (χ3v) is 4.93. The maximum absolute atomic E-state index is 5.95. The van der Waals surface area contributed by atoms with Gasteiger partial charge in [0.1, 0.15) is 11.5 Å². The smallest absolute Gasteiger partial charge is 0.231 e. The Bertz CT molecular complexity index is 666. The van der Waals surface area contributed by atoms with Crippen LogP contribution in [0.5, 0.6) is 0 Å². The molecule has 0 unspecified atom stereocenters. The van der Waals surface area contributed by atoms with Gasteiger partial charge in [-0.05, 0) is 31.9 Å². The monoisotopic (exact) mass is 317 g/mol. The largest absolute Gasteiger partial charge is 0.465 e. The molecule has 2 fully saturated rings. The maximum atomic E-state index is 5.95. The van der Waals surface area contributed by atoms with E-state index in [9.17, 15) is 0 Å². The van der Waals surface area contributed by atoms with Crippen molar-refractivity contribution in [1.82, 2.24) is 15.0 Å². The Kier molecular flexibility index (Phi) is 3.95. The third kappa shape index (κ3) is 2.93. The van der Waals surface area contributed by atoms with E-state index < -0.39 is 0 Å². The highest BCUT2D eigenvalue weighted by molar-refractivity contribution is 5.09. The number of likely N-dealkylation sites (tertiary alicyclic amines) is 1. The Hall–Kier alpha value is -1.66. The van der Waals surface area contributed by atoms with Crippen molar-refractivity contribution in [2.24, 2.45) is 0 Å². The summed E-state index contributed by atoms with van der Waals surface area (Å²) in [5, 5.41) is 3.94. The molecule has 0 aromatic carbocycles. The molecule has 2 aliphatic rings. The minimum Gasteiger partial charge on any atom is -0.465 e. The lowest BCUT2D eigenvalue weighted by atomic mass is 9.90. The summed E-state index contributed by atoms with van der Waals surface area (Å²) in [6.07, 6.45) is 3.23. The molecule has 0 saturated carbocycles. The number of piperidine rings is 1. The summed E-state index contributed by atoms with van der Waals surface area (Å²) in [6, 6.07) is 4.62. The van der Waals surface area contributed by atoms with Crippen molar-refractivity contribution in [3.63, 3.8) is 0 Å². The van der Waals surface area contributed by atoms with Crippen LogP contribution in [0.4, 0.5) is 0 Å². The van der Waals surface area contributed by atoms with E-state index in [1.165, 1.54) is 0 Å². The average Bonchev–Trinajstić information content (AvgIpc) is 3.26. The first-order chi connectivity index (χ1) is 11.2. The van der Waals surface area contributed by atoms with Crippen LogP contribution >= 0.6 is 0 Å². The molecule has 0 bridgehead atoms. The first kappa shape index (κ1) is 14.9. The Morgan fingerprint density at radius 1 is 1.30 bits per heavy atom. The Labute approximate surface area is 135 Å². The van der Waals surface area contributed by atoms with Crippen LogP contribution in [0.1, 0.15) is 48.9 Å². The zero-order valence-electron chi connectivity index (χ0n) is 13.7. The summed E-state index contributed by atoms with van der Waals surface area (Å²) < 4.78 is 17.2. The van der Waals surface area contributed by atoms with E-state index in [-0.39, 0.29) is 12.0 Å². The minimum absolute atomic E-state index is 0.233. The molecule has 4 rings (SSSR count). The van der Waals surface area contributed by atoms with E-state index in [0.717, 1.165) is 56.4 Å². The second-order valence-corrected chi connectivity index (χ2v) is 6.53. The summed E-state index contributed by atoms with van der Waals surface area (Å²) >= 11 is 0. The van der Waals surface area contributed by atoms with Crippen molar-refractivity contribution in [3.05, 3.63) is 35.4 Å². The van der Waals surface area contributed by atoms with Crippen molar-refractivity contribution < 1.29 is 13.7 Å². The van der Waals surface area contributed by atoms with Gasteiger partial charge in [0.25, 0.3) is 0 Å². The number of ether oxygens (including phenoxy) is 1. The highest BCUT2D eigenvalue weighted by atomic mass is 16.5. The van der Waals surface area contributed by atoms with Gasteiger partial charge in [0, 0.05) is 25.6 Å². The van der Waals surface area contributed by atoms with Crippen LogP contribution in [0, 0.1) is 6.92 Å². The van der Waals surface area contributed by atoms with Gasteiger partial charge in [-0.1, -0.05) is 12.1 Å². The topological polar surface area (TPSA) is 64.5 Å². The number of aromatic nitrogens is 2. The predicted molar refractivity (Wildman–Crippen MR) is 83.0 cm³/mol. The summed E-state index contributed by atoms with van der Waals surface area (Å²) in [6.45, 7) is 6.53. The fraction of sp³-hybridized carbons (Fsp3) is 0.647. The average molecular weight is 317 g/mol. The van der Waals surface area contributed by atoms with Gasteiger partial charge in [0.05, 0.1) is 18.6 Å². The predicted octanol–water partition coefficient (Wildman–Crippen LogP) is 2.68. The van der Waals surface area contributed by atoms with Crippen LogP contribution in [-0.4, -0.2) is 40.3 Å². The number of aryl methyl sites for hydroxylation is 2. The molecule has 0 aliphatic carbocycles. The number of fused-ring (bicyclic) bond motifs is 1. The van der Waals surface area contributed by atoms with Gasteiger partial charge in [-0.2, -0.15) is 4.98 Å². The van der Waals surface area contributed by atoms with Gasteiger partial charge in [-0.3, -0.25) is 4.90 Å². The molecule has 4 heterocycles. The molecular formula is C17H23N3O3. The van der Waals surface area contributed by atoms with Gasteiger partial charge in [0.2, 0.25) is 5.89 Å². The molecule has 23 heavy (non-hydrogen) atoms. The molecule has 6 nitrogen and oxygen atoms in total. The highest BCUT2D eigenvalue weighted by Gasteiger charge is 2.42. The molecule has 0 radical (unpaired) electrons. The van der Waals surface area contributed by atoms with Crippen LogP contribution in [0.2, 0.25) is 0 Å². The summed E-state index contributed by atoms with van der Waals surface area (Å²) in [5.74, 6) is 3.72. The fourth-order valence-corrected chi connectivity index (χ4v) is 3.79. The highest BCUT2D eigenvalue weighted by Crippen LogP contribution is 2.36. The number of nitrogens with zero attached hydrogens (tertiary/aromatic N) is 3. The van der Waals surface area contributed by atoms with Gasteiger partial charge in [-0.15, -0.1) is 0 Å². The molecule has 0 N–H and O–H groups in total. The van der Waals surface area contributed by atoms with E-state index in [2.05, 4.69) is 34.1 Å². The number of rotatable bonds is 4. The number of furan rings is 1. The summed E-state index contributed by atoms with van der Waals surface area (Å²) in [5.41, 5.74) is 0. The van der Waals surface area contributed by atoms with E-state index in [0.29, 0.717) is 11.9 Å². The standard InChI is InChI=1S/C17H23N3O3/c1-3-13-4-5-14(22-13)10-20-9-12(17-18-11(2)19-23-17)8-16-15(20)6-7-21-16/h4-5,12,15-16H,3,6-10H2,1-2H3/t12-,15+,16+/m0/s1. The van der Waals surface area contributed by atoms with E-state index in [4.69, 9.17) is 13.7 Å². The lowest BCUT2D eigenvalue weighted by molar-refractivity contribution is 0.00594. The Morgan fingerprint density at radius 2 is 2.17 bits per heavy atom. The van der Waals surface area contributed by atoms with Gasteiger partial charge < -0.3 is 13.7 Å². The van der Waals surface area contributed by atoms with Crippen LogP contribution < -0.4 is 0 Å². The van der Waals surface area contributed by atoms with Crippen LogP contribution in [0.15, 0.2) is 21.1 Å². The maximum Gasteiger partial charge on any atom is 0.231 e. The van der Waals surface area contributed by atoms with Gasteiger partial charge >= 0.3 is 0 Å². The van der Waals surface area contributed by atoms with Gasteiger partial charge in [-0.25, -0.2) is 0 Å². The zero-order chi connectivity index (χ0) is 15.8. The molecule has 0 amide bonds. The first-order valence-corrected chi connectivity index (χ1v) is 8.46. The van der Waals surface area contributed by atoms with Crippen molar-refractivity contribution in [3.8, 4) is 0 Å². The normalized spacial score (nSPS) is 28.2. The second kappa shape index (κ2) is 6.09. The number of hydrogen-bond acceptors (Lipinski definition) is 6. The lowest BCUT2D eigenvalue weighted by Crippen LogP contribution is -2.48. The molecule has 0 spiro atoms.